The van der Waals surface area contributed by atoms with Crippen LogP contribution in [-0.2, 0) is 0 Å². The number of imidazole rings is 1. The molecule has 0 atom stereocenters. The first-order chi connectivity index (χ1) is 8.11. The van der Waals surface area contributed by atoms with Crippen LogP contribution in [0.3, 0.4) is 0 Å². The second kappa shape index (κ2) is 4.49. The molecule has 0 aliphatic carbocycles. The number of ether oxygens (including phenoxy) is 1. The Bertz CT molecular complexity index is 517. The summed E-state index contributed by atoms with van der Waals surface area (Å²) >= 11 is 0. The molecule has 0 saturated heterocycles. The maximum Gasteiger partial charge on any atom is 0.143 e. The molecule has 0 unspecified atom stereocenters. The molecular formula is C13H17N3O. The quantitative estimate of drug-likeness (QED) is 0.826. The summed E-state index contributed by atoms with van der Waals surface area (Å²) in [5, 5.41) is 0. The second-order valence-corrected chi connectivity index (χ2v) is 4.29. The van der Waals surface area contributed by atoms with E-state index in [1.807, 2.05) is 29.0 Å². The number of methoxy groups -OCH3 is 1. The van der Waals surface area contributed by atoms with Gasteiger partial charge in [0.05, 0.1) is 30.5 Å². The minimum absolute atomic E-state index is 0.423. The van der Waals surface area contributed by atoms with Crippen molar-refractivity contribution in [3.05, 3.63) is 36.4 Å². The molecule has 0 aliphatic heterocycles. The monoisotopic (exact) mass is 231 g/mol. The Hall–Kier alpha value is -1.97. The van der Waals surface area contributed by atoms with Crippen LogP contribution in [0.25, 0.3) is 5.69 Å². The van der Waals surface area contributed by atoms with Crippen LogP contribution in [0, 0.1) is 0 Å². The Balaban J connectivity index is 2.38. The van der Waals surface area contributed by atoms with Gasteiger partial charge in [-0.3, -0.25) is 0 Å². The van der Waals surface area contributed by atoms with E-state index in [2.05, 4.69) is 18.8 Å². The van der Waals surface area contributed by atoms with Crippen molar-refractivity contribution in [2.24, 2.45) is 0 Å². The number of anilines is 1. The van der Waals surface area contributed by atoms with Crippen molar-refractivity contribution in [3.63, 3.8) is 0 Å². The number of nitrogens with two attached hydrogens (primary N) is 1. The predicted molar refractivity (Wildman–Crippen MR) is 68.6 cm³/mol. The topological polar surface area (TPSA) is 53.1 Å². The maximum atomic E-state index is 5.78. The van der Waals surface area contributed by atoms with Crippen molar-refractivity contribution >= 4 is 5.69 Å². The van der Waals surface area contributed by atoms with E-state index < -0.39 is 0 Å². The van der Waals surface area contributed by atoms with Gasteiger partial charge in [0.15, 0.2) is 0 Å². The molecule has 0 saturated carbocycles. The zero-order valence-electron chi connectivity index (χ0n) is 10.3. The Labute approximate surface area is 101 Å². The molecule has 0 radical (unpaired) electrons. The summed E-state index contributed by atoms with van der Waals surface area (Å²) < 4.78 is 7.17. The highest BCUT2D eigenvalue weighted by molar-refractivity contribution is 5.57. The van der Waals surface area contributed by atoms with E-state index in [4.69, 9.17) is 10.5 Å². The molecule has 17 heavy (non-hydrogen) atoms. The summed E-state index contributed by atoms with van der Waals surface area (Å²) in [5.41, 5.74) is 8.49. The van der Waals surface area contributed by atoms with Gasteiger partial charge >= 0.3 is 0 Å². The Morgan fingerprint density at radius 1 is 1.35 bits per heavy atom. The molecule has 2 aromatic rings. The van der Waals surface area contributed by atoms with E-state index in [0.717, 1.165) is 11.4 Å². The van der Waals surface area contributed by atoms with Gasteiger partial charge in [0.2, 0.25) is 0 Å². The van der Waals surface area contributed by atoms with Gasteiger partial charge in [-0.25, -0.2) is 4.98 Å². The van der Waals surface area contributed by atoms with Crippen molar-refractivity contribution in [1.29, 1.82) is 0 Å². The highest BCUT2D eigenvalue weighted by Gasteiger charge is 2.06. The van der Waals surface area contributed by atoms with E-state index in [1.54, 1.807) is 13.4 Å². The lowest BCUT2D eigenvalue weighted by molar-refractivity contribution is 0.417. The second-order valence-electron chi connectivity index (χ2n) is 4.29. The third-order valence-corrected chi connectivity index (χ3v) is 2.71. The van der Waals surface area contributed by atoms with Crippen LogP contribution in [0.15, 0.2) is 30.7 Å². The predicted octanol–water partition coefficient (Wildman–Crippen LogP) is 2.59. The number of benzene rings is 1. The van der Waals surface area contributed by atoms with Crippen molar-refractivity contribution in [3.8, 4) is 11.4 Å². The molecule has 4 heteroatoms. The fourth-order valence-electron chi connectivity index (χ4n) is 1.64. The highest BCUT2D eigenvalue weighted by atomic mass is 16.5. The molecule has 0 aliphatic rings. The third-order valence-electron chi connectivity index (χ3n) is 2.71. The number of nitrogens with zero attached hydrogens (tertiary/aromatic N) is 2. The molecule has 1 heterocycles. The van der Waals surface area contributed by atoms with Gasteiger partial charge in [0, 0.05) is 12.3 Å². The summed E-state index contributed by atoms with van der Waals surface area (Å²) in [6.45, 7) is 4.24. The zero-order valence-corrected chi connectivity index (χ0v) is 10.3. The standard InChI is InChI=1S/C13H17N3O/c1-9(2)12-7-16(8-15-12)10-4-5-11(14)13(6-10)17-3/h4-9H,14H2,1-3H3. The fourth-order valence-corrected chi connectivity index (χ4v) is 1.64. The first-order valence-corrected chi connectivity index (χ1v) is 5.59. The lowest BCUT2D eigenvalue weighted by Gasteiger charge is -2.07. The molecule has 4 nitrogen and oxygen atoms in total. The van der Waals surface area contributed by atoms with Crippen LogP contribution in [-0.4, -0.2) is 16.7 Å². The van der Waals surface area contributed by atoms with Gasteiger partial charge in [0.25, 0.3) is 0 Å². The van der Waals surface area contributed by atoms with Gasteiger partial charge in [-0.05, 0) is 18.1 Å². The summed E-state index contributed by atoms with van der Waals surface area (Å²) in [4.78, 5) is 4.36. The molecule has 2 rings (SSSR count). The minimum Gasteiger partial charge on any atom is -0.495 e. The number of hydrogen-bond donors (Lipinski definition) is 1. The molecule has 0 bridgehead atoms. The van der Waals surface area contributed by atoms with Crippen molar-refractivity contribution < 1.29 is 4.74 Å². The van der Waals surface area contributed by atoms with Crippen LogP contribution < -0.4 is 10.5 Å². The molecular weight excluding hydrogens is 214 g/mol. The van der Waals surface area contributed by atoms with Crippen LogP contribution >= 0.6 is 0 Å². The summed E-state index contributed by atoms with van der Waals surface area (Å²) in [6, 6.07) is 5.69. The average molecular weight is 231 g/mol. The van der Waals surface area contributed by atoms with E-state index in [1.165, 1.54) is 0 Å². The molecule has 1 aromatic heterocycles. The molecule has 0 amide bonds. The van der Waals surface area contributed by atoms with E-state index in [-0.39, 0.29) is 0 Å². The van der Waals surface area contributed by atoms with Crippen LogP contribution in [0.2, 0.25) is 0 Å². The van der Waals surface area contributed by atoms with E-state index in [0.29, 0.717) is 17.4 Å². The highest BCUT2D eigenvalue weighted by Crippen LogP contribution is 2.24. The van der Waals surface area contributed by atoms with Gasteiger partial charge in [-0.15, -0.1) is 0 Å². The number of aromatic nitrogens is 2. The van der Waals surface area contributed by atoms with Crippen LogP contribution in [0.4, 0.5) is 5.69 Å². The number of nitrogen functional groups attached to an aromatic ring is 1. The molecule has 1 aromatic carbocycles. The van der Waals surface area contributed by atoms with Crippen molar-refractivity contribution in [1.82, 2.24) is 9.55 Å². The Morgan fingerprint density at radius 2 is 2.12 bits per heavy atom. The SMILES string of the molecule is COc1cc(-n2cnc(C(C)C)c2)ccc1N. The van der Waals surface area contributed by atoms with Crippen LogP contribution in [0.1, 0.15) is 25.5 Å². The van der Waals surface area contributed by atoms with E-state index in [9.17, 15) is 0 Å². The van der Waals surface area contributed by atoms with Gasteiger partial charge in [0.1, 0.15) is 5.75 Å². The third kappa shape index (κ3) is 2.25. The number of rotatable bonds is 3. The van der Waals surface area contributed by atoms with Crippen LogP contribution in [0.5, 0.6) is 5.75 Å². The Kier molecular flexibility index (Phi) is 3.04. The smallest absolute Gasteiger partial charge is 0.143 e. The lowest BCUT2D eigenvalue weighted by atomic mass is 10.1. The zero-order chi connectivity index (χ0) is 12.4. The molecule has 0 spiro atoms. The lowest BCUT2D eigenvalue weighted by Crippen LogP contribution is -1.96. The number of hydrogen-bond acceptors (Lipinski definition) is 3. The first kappa shape index (κ1) is 11.5. The Morgan fingerprint density at radius 3 is 2.71 bits per heavy atom. The summed E-state index contributed by atoms with van der Waals surface area (Å²) in [6.07, 6.45) is 3.83. The van der Waals surface area contributed by atoms with Crippen molar-refractivity contribution in [2.75, 3.05) is 12.8 Å². The fraction of sp³-hybridized carbons (Fsp3) is 0.308. The summed E-state index contributed by atoms with van der Waals surface area (Å²) in [5.74, 6) is 1.11. The maximum absolute atomic E-state index is 5.78. The summed E-state index contributed by atoms with van der Waals surface area (Å²) in [7, 11) is 1.61. The largest absolute Gasteiger partial charge is 0.495 e. The average Bonchev–Trinajstić information content (AvgIpc) is 2.79. The first-order valence-electron chi connectivity index (χ1n) is 5.59. The molecule has 0 fully saturated rings. The van der Waals surface area contributed by atoms with Gasteiger partial charge in [-0.1, -0.05) is 13.8 Å². The normalized spacial score (nSPS) is 10.8. The molecule has 90 valence electrons. The minimum atomic E-state index is 0.423. The van der Waals surface area contributed by atoms with Crippen molar-refractivity contribution in [2.45, 2.75) is 19.8 Å². The molecule has 2 N–H and O–H groups in total. The van der Waals surface area contributed by atoms with E-state index >= 15 is 0 Å². The van der Waals surface area contributed by atoms with Gasteiger partial charge in [-0.2, -0.15) is 0 Å². The van der Waals surface area contributed by atoms with Gasteiger partial charge < -0.3 is 15.0 Å².